The number of benzene rings is 1. The highest BCUT2D eigenvalue weighted by Gasteiger charge is 2.34. The van der Waals surface area contributed by atoms with Gasteiger partial charge in [0.25, 0.3) is 0 Å². The van der Waals surface area contributed by atoms with Crippen LogP contribution in [0.15, 0.2) is 30.5 Å². The Balaban J connectivity index is 2.07. The van der Waals surface area contributed by atoms with Gasteiger partial charge in [-0.2, -0.15) is 18.3 Å². The van der Waals surface area contributed by atoms with Gasteiger partial charge in [-0.1, -0.05) is 17.7 Å². The van der Waals surface area contributed by atoms with Gasteiger partial charge in [-0.15, -0.1) is 0 Å². The second-order valence-electron chi connectivity index (χ2n) is 4.95. The van der Waals surface area contributed by atoms with Gasteiger partial charge in [0.05, 0.1) is 10.7 Å². The van der Waals surface area contributed by atoms with Crippen LogP contribution in [0.3, 0.4) is 0 Å². The molecule has 0 atom stereocenters. The lowest BCUT2D eigenvalue weighted by Gasteiger charge is -2.22. The molecule has 1 aliphatic heterocycles. The number of aromatic nitrogens is 2. The summed E-state index contributed by atoms with van der Waals surface area (Å²) in [7, 11) is 0. The van der Waals surface area contributed by atoms with Crippen LogP contribution in [0.4, 0.5) is 18.9 Å². The number of hydrogen-bond acceptors (Lipinski definition) is 2. The fourth-order valence-corrected chi connectivity index (χ4v) is 2.80. The Kier molecular flexibility index (Phi) is 3.57. The van der Waals surface area contributed by atoms with E-state index in [1.54, 1.807) is 12.1 Å². The molecule has 3 rings (SSSR count). The van der Waals surface area contributed by atoms with Crippen molar-refractivity contribution in [1.29, 1.82) is 0 Å². The van der Waals surface area contributed by atoms with Crippen molar-refractivity contribution in [3.05, 3.63) is 41.2 Å². The fourth-order valence-electron chi connectivity index (χ4n) is 2.54. The first-order valence-electron chi connectivity index (χ1n) is 6.63. The molecule has 1 saturated heterocycles. The summed E-state index contributed by atoms with van der Waals surface area (Å²) in [6.07, 6.45) is -1.03. The minimum absolute atomic E-state index is 0.385. The fraction of sp³-hybridized carbons (Fsp3) is 0.357. The highest BCUT2D eigenvalue weighted by molar-refractivity contribution is 6.33. The van der Waals surface area contributed by atoms with Gasteiger partial charge in [-0.05, 0) is 31.0 Å². The van der Waals surface area contributed by atoms with Gasteiger partial charge >= 0.3 is 6.18 Å². The Labute approximate surface area is 124 Å². The van der Waals surface area contributed by atoms with Gasteiger partial charge in [-0.25, -0.2) is 4.68 Å². The van der Waals surface area contributed by atoms with Crippen LogP contribution in [0.1, 0.15) is 18.5 Å². The van der Waals surface area contributed by atoms with E-state index in [-0.39, 0.29) is 0 Å². The van der Waals surface area contributed by atoms with Crippen LogP contribution in [0.25, 0.3) is 5.69 Å². The molecule has 1 fully saturated rings. The first kappa shape index (κ1) is 14.3. The lowest BCUT2D eigenvalue weighted by atomic mass is 10.2. The molecule has 0 saturated carbocycles. The molecule has 0 amide bonds. The third-order valence-electron chi connectivity index (χ3n) is 3.52. The second kappa shape index (κ2) is 5.26. The maximum absolute atomic E-state index is 12.7. The van der Waals surface area contributed by atoms with Crippen molar-refractivity contribution in [3.63, 3.8) is 0 Å². The molecule has 0 radical (unpaired) electrons. The van der Waals surface area contributed by atoms with E-state index < -0.39 is 11.9 Å². The van der Waals surface area contributed by atoms with E-state index in [4.69, 9.17) is 11.6 Å². The third-order valence-corrected chi connectivity index (χ3v) is 3.83. The number of nitrogens with zero attached hydrogens (tertiary/aromatic N) is 3. The second-order valence-corrected chi connectivity index (χ2v) is 5.35. The summed E-state index contributed by atoms with van der Waals surface area (Å²) in [6.45, 7) is 1.75. The maximum Gasteiger partial charge on any atom is 0.435 e. The van der Waals surface area contributed by atoms with E-state index in [0.717, 1.165) is 37.7 Å². The number of alkyl halides is 3. The highest BCUT2D eigenvalue weighted by Crippen LogP contribution is 2.34. The summed E-state index contributed by atoms with van der Waals surface area (Å²) < 4.78 is 39.3. The molecule has 0 aliphatic carbocycles. The maximum atomic E-state index is 12.7. The van der Waals surface area contributed by atoms with Crippen LogP contribution in [-0.2, 0) is 6.18 Å². The lowest BCUT2D eigenvalue weighted by molar-refractivity contribution is -0.141. The van der Waals surface area contributed by atoms with Crippen LogP contribution < -0.4 is 4.90 Å². The van der Waals surface area contributed by atoms with E-state index in [1.807, 2.05) is 6.07 Å². The van der Waals surface area contributed by atoms with Crippen LogP contribution in [0, 0.1) is 0 Å². The number of hydrogen-bond donors (Lipinski definition) is 0. The monoisotopic (exact) mass is 315 g/mol. The average molecular weight is 316 g/mol. The Morgan fingerprint density at radius 3 is 2.43 bits per heavy atom. The molecular formula is C14H13ClF3N3. The molecule has 1 aromatic carbocycles. The van der Waals surface area contributed by atoms with Crippen LogP contribution in [0.5, 0.6) is 0 Å². The first-order chi connectivity index (χ1) is 9.97. The minimum atomic E-state index is -4.46. The van der Waals surface area contributed by atoms with Crippen LogP contribution >= 0.6 is 11.6 Å². The van der Waals surface area contributed by atoms with E-state index in [2.05, 4.69) is 10.00 Å². The van der Waals surface area contributed by atoms with Crippen molar-refractivity contribution in [1.82, 2.24) is 9.78 Å². The van der Waals surface area contributed by atoms with Gasteiger partial charge in [0.2, 0.25) is 0 Å². The molecule has 1 aromatic heterocycles. The zero-order valence-corrected chi connectivity index (χ0v) is 11.8. The molecule has 0 unspecified atom stereocenters. The Hall–Kier alpha value is -1.69. The first-order valence-corrected chi connectivity index (χ1v) is 7.01. The van der Waals surface area contributed by atoms with E-state index in [0.29, 0.717) is 10.7 Å². The molecule has 0 spiro atoms. The van der Waals surface area contributed by atoms with Gasteiger partial charge in [0, 0.05) is 19.3 Å². The van der Waals surface area contributed by atoms with Gasteiger partial charge in [0.1, 0.15) is 5.69 Å². The zero-order chi connectivity index (χ0) is 15.0. The normalized spacial score (nSPS) is 15.7. The number of anilines is 1. The standard InChI is InChI=1S/C14H13ClF3N3/c15-10-4-3-5-11(20-7-1-2-8-20)13(10)21-9-6-12(19-21)14(16,17)18/h3-6,9H,1-2,7-8H2. The van der Waals surface area contributed by atoms with Crippen LogP contribution in [0.2, 0.25) is 5.02 Å². The number of rotatable bonds is 2. The molecule has 3 nitrogen and oxygen atoms in total. The van der Waals surface area contributed by atoms with Crippen molar-refractivity contribution in [2.75, 3.05) is 18.0 Å². The van der Waals surface area contributed by atoms with E-state index in [9.17, 15) is 13.2 Å². The van der Waals surface area contributed by atoms with Crippen molar-refractivity contribution in [2.24, 2.45) is 0 Å². The number of halogens is 4. The molecule has 112 valence electrons. The van der Waals surface area contributed by atoms with E-state index >= 15 is 0 Å². The molecule has 21 heavy (non-hydrogen) atoms. The molecule has 0 bridgehead atoms. The minimum Gasteiger partial charge on any atom is -0.370 e. The molecule has 0 N–H and O–H groups in total. The van der Waals surface area contributed by atoms with Crippen LogP contribution in [-0.4, -0.2) is 22.9 Å². The quantitative estimate of drug-likeness (QED) is 0.830. The Morgan fingerprint density at radius 2 is 1.81 bits per heavy atom. The van der Waals surface area contributed by atoms with Gasteiger partial charge in [0.15, 0.2) is 5.69 Å². The highest BCUT2D eigenvalue weighted by atomic mass is 35.5. The topological polar surface area (TPSA) is 21.1 Å². The predicted molar refractivity (Wildman–Crippen MR) is 75.0 cm³/mol. The Morgan fingerprint density at radius 1 is 1.10 bits per heavy atom. The predicted octanol–water partition coefficient (Wildman–Crippen LogP) is 4.14. The summed E-state index contributed by atoms with van der Waals surface area (Å²) in [4.78, 5) is 2.12. The largest absolute Gasteiger partial charge is 0.435 e. The smallest absolute Gasteiger partial charge is 0.370 e. The number of para-hydroxylation sites is 1. The molecule has 7 heteroatoms. The van der Waals surface area contributed by atoms with Crippen molar-refractivity contribution >= 4 is 17.3 Å². The summed E-state index contributed by atoms with van der Waals surface area (Å²) in [5.41, 5.74) is 0.392. The molecule has 1 aliphatic rings. The Bertz CT molecular complexity index is 645. The molecular weight excluding hydrogens is 303 g/mol. The molecule has 2 aromatic rings. The third kappa shape index (κ3) is 2.72. The summed E-state index contributed by atoms with van der Waals surface area (Å²) in [6, 6.07) is 6.28. The SMILES string of the molecule is FC(F)(F)c1ccn(-c2c(Cl)cccc2N2CCCC2)n1. The summed E-state index contributed by atoms with van der Waals surface area (Å²) >= 11 is 6.20. The lowest BCUT2D eigenvalue weighted by Crippen LogP contribution is -2.20. The summed E-state index contributed by atoms with van der Waals surface area (Å²) in [5, 5.41) is 4.01. The zero-order valence-electron chi connectivity index (χ0n) is 11.1. The average Bonchev–Trinajstić information content (AvgIpc) is 3.09. The van der Waals surface area contributed by atoms with E-state index in [1.165, 1.54) is 10.9 Å². The van der Waals surface area contributed by atoms with Gasteiger partial charge in [-0.3, -0.25) is 0 Å². The van der Waals surface area contributed by atoms with Gasteiger partial charge < -0.3 is 4.90 Å². The van der Waals surface area contributed by atoms with Crippen molar-refractivity contribution < 1.29 is 13.2 Å². The summed E-state index contributed by atoms with van der Waals surface area (Å²) in [5.74, 6) is 0. The van der Waals surface area contributed by atoms with Crippen molar-refractivity contribution in [2.45, 2.75) is 19.0 Å². The van der Waals surface area contributed by atoms with Crippen molar-refractivity contribution in [3.8, 4) is 5.69 Å². The molecule has 2 heterocycles.